The van der Waals surface area contributed by atoms with E-state index in [4.69, 9.17) is 10.4 Å². The van der Waals surface area contributed by atoms with Gasteiger partial charge in [-0.1, -0.05) is 18.2 Å². The summed E-state index contributed by atoms with van der Waals surface area (Å²) < 4.78 is 22.3. The SMILES string of the molecule is N#CSN(C(=O)c1ccccc1)S(N)(=O)=O. The number of thiocyanates is 1. The number of nitriles is 1. The van der Waals surface area contributed by atoms with Crippen LogP contribution in [0.1, 0.15) is 10.4 Å². The Hall–Kier alpha value is -1.56. The second-order valence-electron chi connectivity index (χ2n) is 2.63. The van der Waals surface area contributed by atoms with Crippen LogP contribution in [0.15, 0.2) is 30.3 Å². The molecule has 84 valence electrons. The molecular weight excluding hydrogens is 250 g/mol. The first-order chi connectivity index (χ1) is 7.46. The lowest BCUT2D eigenvalue weighted by molar-refractivity contribution is 0.0928. The van der Waals surface area contributed by atoms with Crippen molar-refractivity contribution >= 4 is 28.1 Å². The van der Waals surface area contributed by atoms with Crippen LogP contribution in [0.5, 0.6) is 0 Å². The maximum atomic E-state index is 11.7. The number of hydrogen-bond acceptors (Lipinski definition) is 5. The van der Waals surface area contributed by atoms with Crippen LogP contribution in [0, 0.1) is 10.7 Å². The van der Waals surface area contributed by atoms with Gasteiger partial charge < -0.3 is 0 Å². The van der Waals surface area contributed by atoms with Gasteiger partial charge in [0.25, 0.3) is 5.91 Å². The summed E-state index contributed by atoms with van der Waals surface area (Å²) in [7, 11) is -4.25. The fourth-order valence-corrected chi connectivity index (χ4v) is 2.05. The predicted octanol–water partition coefficient (Wildman–Crippen LogP) is 0.462. The van der Waals surface area contributed by atoms with Gasteiger partial charge >= 0.3 is 10.2 Å². The number of carbonyl (C=O) groups excluding carboxylic acids is 1. The number of amides is 1. The molecule has 0 aliphatic heterocycles. The lowest BCUT2D eigenvalue weighted by Crippen LogP contribution is -2.35. The number of carbonyl (C=O) groups is 1. The van der Waals surface area contributed by atoms with Gasteiger partial charge in [-0.2, -0.15) is 13.7 Å². The van der Waals surface area contributed by atoms with Crippen molar-refractivity contribution in [3.8, 4) is 5.40 Å². The minimum Gasteiger partial charge on any atom is -0.267 e. The highest BCUT2D eigenvalue weighted by molar-refractivity contribution is 8.11. The maximum Gasteiger partial charge on any atom is 0.312 e. The second-order valence-corrected chi connectivity index (χ2v) is 4.98. The third kappa shape index (κ3) is 2.96. The van der Waals surface area contributed by atoms with E-state index in [2.05, 4.69) is 0 Å². The largest absolute Gasteiger partial charge is 0.312 e. The monoisotopic (exact) mass is 257 g/mol. The van der Waals surface area contributed by atoms with E-state index in [1.807, 2.05) is 0 Å². The van der Waals surface area contributed by atoms with Gasteiger partial charge in [-0.15, -0.1) is 3.71 Å². The van der Waals surface area contributed by atoms with Gasteiger partial charge in [0.1, 0.15) is 0 Å². The highest BCUT2D eigenvalue weighted by Crippen LogP contribution is 2.16. The molecule has 0 atom stereocenters. The van der Waals surface area contributed by atoms with Crippen molar-refractivity contribution in [2.45, 2.75) is 0 Å². The Bertz CT molecular complexity index is 521. The van der Waals surface area contributed by atoms with Gasteiger partial charge in [-0.25, -0.2) is 5.14 Å². The molecule has 0 radical (unpaired) electrons. The van der Waals surface area contributed by atoms with Crippen LogP contribution in [-0.4, -0.2) is 18.0 Å². The Labute approximate surface area is 97.0 Å². The minimum absolute atomic E-state index is 0.138. The summed E-state index contributed by atoms with van der Waals surface area (Å²) in [4.78, 5) is 11.7. The first-order valence-electron chi connectivity index (χ1n) is 3.95. The summed E-state index contributed by atoms with van der Waals surface area (Å²) in [5, 5.41) is 14.7. The molecule has 1 aromatic rings. The average molecular weight is 257 g/mol. The molecule has 0 bridgehead atoms. The molecule has 0 spiro atoms. The van der Waals surface area contributed by atoms with Gasteiger partial charge in [0.2, 0.25) is 0 Å². The summed E-state index contributed by atoms with van der Waals surface area (Å²) in [6.45, 7) is 0. The average Bonchev–Trinajstić information content (AvgIpc) is 2.25. The molecular formula is C8H7N3O3S2. The standard InChI is InChI=1S/C8H7N3O3S2/c9-6-15-11(16(10,13)14)8(12)7-4-2-1-3-5-7/h1-5H,(H2,10,13,14). The zero-order valence-corrected chi connectivity index (χ0v) is 9.53. The molecule has 0 aromatic heterocycles. The van der Waals surface area contributed by atoms with Crippen LogP contribution < -0.4 is 5.14 Å². The number of nitrogens with zero attached hydrogens (tertiary/aromatic N) is 2. The smallest absolute Gasteiger partial charge is 0.267 e. The van der Waals surface area contributed by atoms with Gasteiger partial charge in [0.05, 0.1) is 11.9 Å². The number of rotatable bonds is 3. The Morgan fingerprint density at radius 2 is 1.94 bits per heavy atom. The molecule has 0 heterocycles. The molecule has 0 aliphatic carbocycles. The molecule has 8 heteroatoms. The van der Waals surface area contributed by atoms with Gasteiger partial charge in [0, 0.05) is 5.56 Å². The van der Waals surface area contributed by atoms with E-state index in [1.165, 1.54) is 17.5 Å². The normalized spacial score (nSPS) is 10.5. The van der Waals surface area contributed by atoms with E-state index in [9.17, 15) is 13.2 Å². The Morgan fingerprint density at radius 3 is 2.38 bits per heavy atom. The minimum atomic E-state index is -4.25. The van der Waals surface area contributed by atoms with E-state index in [1.54, 1.807) is 18.2 Å². The Morgan fingerprint density at radius 1 is 1.38 bits per heavy atom. The molecule has 0 fully saturated rings. The molecule has 1 aromatic carbocycles. The van der Waals surface area contributed by atoms with Crippen molar-refractivity contribution in [1.29, 1.82) is 5.26 Å². The van der Waals surface area contributed by atoms with Gasteiger partial charge in [-0.05, 0) is 12.1 Å². The van der Waals surface area contributed by atoms with Crippen molar-refractivity contribution in [3.05, 3.63) is 35.9 Å². The van der Waals surface area contributed by atoms with Crippen LogP contribution in [0.25, 0.3) is 0 Å². The summed E-state index contributed by atoms with van der Waals surface area (Å²) >= 11 is 0.163. The zero-order chi connectivity index (χ0) is 12.2. The molecule has 0 aliphatic rings. The van der Waals surface area contributed by atoms with Crippen molar-refractivity contribution in [2.75, 3.05) is 0 Å². The quantitative estimate of drug-likeness (QED) is 0.625. The number of benzene rings is 1. The first kappa shape index (κ1) is 12.5. The Balaban J connectivity index is 3.08. The van der Waals surface area contributed by atoms with E-state index in [0.29, 0.717) is 0 Å². The maximum absolute atomic E-state index is 11.7. The lowest BCUT2D eigenvalue weighted by atomic mass is 10.2. The molecule has 1 amide bonds. The molecule has 2 N–H and O–H groups in total. The van der Waals surface area contributed by atoms with Crippen LogP contribution in [0.4, 0.5) is 0 Å². The van der Waals surface area contributed by atoms with Crippen molar-refractivity contribution in [2.24, 2.45) is 5.14 Å². The van der Waals surface area contributed by atoms with E-state index < -0.39 is 16.1 Å². The molecule has 16 heavy (non-hydrogen) atoms. The summed E-state index contributed by atoms with van der Waals surface area (Å²) in [6, 6.07) is 7.68. The van der Waals surface area contributed by atoms with Gasteiger partial charge in [-0.3, -0.25) is 4.79 Å². The third-order valence-electron chi connectivity index (χ3n) is 1.54. The molecule has 0 saturated carbocycles. The Kier molecular flexibility index (Phi) is 3.89. The summed E-state index contributed by atoms with van der Waals surface area (Å²) in [6.07, 6.45) is 0. The lowest BCUT2D eigenvalue weighted by Gasteiger charge is -2.13. The van der Waals surface area contributed by atoms with E-state index >= 15 is 0 Å². The molecule has 0 saturated heterocycles. The van der Waals surface area contributed by atoms with Crippen LogP contribution in [-0.2, 0) is 10.2 Å². The van der Waals surface area contributed by atoms with Crippen LogP contribution >= 0.6 is 11.9 Å². The highest BCUT2D eigenvalue weighted by Gasteiger charge is 2.26. The topological polar surface area (TPSA) is 104 Å². The zero-order valence-electron chi connectivity index (χ0n) is 7.90. The van der Waals surface area contributed by atoms with Crippen molar-refractivity contribution in [3.63, 3.8) is 0 Å². The first-order valence-corrected chi connectivity index (χ1v) is 6.23. The molecule has 0 unspecified atom stereocenters. The van der Waals surface area contributed by atoms with Crippen LogP contribution in [0.3, 0.4) is 0 Å². The molecule has 6 nitrogen and oxygen atoms in total. The van der Waals surface area contributed by atoms with Crippen LogP contribution in [0.2, 0.25) is 0 Å². The predicted molar refractivity (Wildman–Crippen MR) is 58.9 cm³/mol. The molecule has 1 rings (SSSR count). The third-order valence-corrected chi connectivity index (χ3v) is 3.43. The second kappa shape index (κ2) is 4.98. The number of nitrogens with two attached hydrogens (primary N) is 1. The van der Waals surface area contributed by atoms with E-state index in [0.717, 1.165) is 0 Å². The fraction of sp³-hybridized carbons (Fsp3) is 0. The van der Waals surface area contributed by atoms with E-state index in [-0.39, 0.29) is 21.2 Å². The highest BCUT2D eigenvalue weighted by atomic mass is 32.3. The van der Waals surface area contributed by atoms with Crippen molar-refractivity contribution in [1.82, 2.24) is 3.71 Å². The fourth-order valence-electron chi connectivity index (χ4n) is 0.932. The van der Waals surface area contributed by atoms with Crippen molar-refractivity contribution < 1.29 is 13.2 Å². The summed E-state index contributed by atoms with van der Waals surface area (Å²) in [5.41, 5.74) is 0.138. The summed E-state index contributed by atoms with van der Waals surface area (Å²) in [5.74, 6) is -0.852. The number of hydrogen-bond donors (Lipinski definition) is 1. The van der Waals surface area contributed by atoms with Gasteiger partial charge in [0.15, 0.2) is 5.40 Å².